The number of anilines is 1. The van der Waals surface area contributed by atoms with E-state index in [-0.39, 0.29) is 16.2 Å². The molecule has 0 aromatic heterocycles. The fourth-order valence-electron chi connectivity index (χ4n) is 3.18. The lowest BCUT2D eigenvalue weighted by Gasteiger charge is -2.15. The molecule has 3 aromatic rings. The second-order valence-corrected chi connectivity index (χ2v) is 7.65. The van der Waals surface area contributed by atoms with Crippen molar-refractivity contribution in [3.05, 3.63) is 99.4 Å². The molecule has 1 aliphatic heterocycles. The van der Waals surface area contributed by atoms with Gasteiger partial charge in [-0.15, -0.1) is 0 Å². The first-order valence-corrected chi connectivity index (χ1v) is 10.1. The number of carbonyl (C=O) groups excluding carboxylic acids is 2. The van der Waals surface area contributed by atoms with E-state index in [2.05, 4.69) is 0 Å². The van der Waals surface area contributed by atoms with E-state index < -0.39 is 16.7 Å². The number of hydrogen-bond acceptors (Lipinski definition) is 6. The van der Waals surface area contributed by atoms with Gasteiger partial charge in [0.25, 0.3) is 17.5 Å². The molecule has 8 heteroatoms. The van der Waals surface area contributed by atoms with Gasteiger partial charge in [0, 0.05) is 17.0 Å². The summed E-state index contributed by atoms with van der Waals surface area (Å²) in [7, 11) is 1.53. The van der Waals surface area contributed by atoms with Crippen LogP contribution in [-0.4, -0.2) is 23.8 Å². The molecule has 3 aromatic carbocycles. The number of thioether (sulfide) groups is 1. The van der Waals surface area contributed by atoms with Crippen LogP contribution in [0.25, 0.3) is 5.57 Å². The maximum Gasteiger partial charge on any atom is 0.272 e. The molecule has 154 valence electrons. The third-order valence-corrected chi connectivity index (χ3v) is 5.79. The first-order chi connectivity index (χ1) is 15.0. The van der Waals surface area contributed by atoms with Gasteiger partial charge in [-0.25, -0.2) is 4.90 Å². The summed E-state index contributed by atoms with van der Waals surface area (Å²) in [6.07, 6.45) is 0. The predicted octanol–water partition coefficient (Wildman–Crippen LogP) is 4.68. The molecular formula is C23H16N2O5S. The summed E-state index contributed by atoms with van der Waals surface area (Å²) < 4.78 is 5.15. The minimum Gasteiger partial charge on any atom is -0.497 e. The molecule has 1 aliphatic rings. The van der Waals surface area contributed by atoms with Crippen molar-refractivity contribution in [3.8, 4) is 5.75 Å². The summed E-state index contributed by atoms with van der Waals surface area (Å²) in [5, 5.41) is 11.0. The molecule has 0 unspecified atom stereocenters. The number of nitrogens with zero attached hydrogens (tertiary/aromatic N) is 2. The molecule has 4 rings (SSSR count). The van der Waals surface area contributed by atoms with E-state index in [0.717, 1.165) is 9.80 Å². The number of ether oxygens (including phenoxy) is 1. The molecule has 0 fully saturated rings. The summed E-state index contributed by atoms with van der Waals surface area (Å²) in [5.41, 5.74) is 0.979. The molecular weight excluding hydrogens is 416 g/mol. The Hall–Kier alpha value is -3.91. The maximum absolute atomic E-state index is 13.4. The largest absolute Gasteiger partial charge is 0.497 e. The Morgan fingerprint density at radius 2 is 1.52 bits per heavy atom. The van der Waals surface area contributed by atoms with Crippen LogP contribution in [0.3, 0.4) is 0 Å². The Morgan fingerprint density at radius 1 is 0.871 bits per heavy atom. The summed E-state index contributed by atoms with van der Waals surface area (Å²) in [4.78, 5) is 39.3. The normalized spacial score (nSPS) is 13.6. The number of amides is 2. The van der Waals surface area contributed by atoms with Gasteiger partial charge in [0.2, 0.25) is 0 Å². The van der Waals surface area contributed by atoms with E-state index in [1.54, 1.807) is 24.3 Å². The quantitative estimate of drug-likeness (QED) is 0.319. The van der Waals surface area contributed by atoms with Crippen molar-refractivity contribution in [2.75, 3.05) is 12.0 Å². The van der Waals surface area contributed by atoms with Crippen LogP contribution in [0.15, 0.2) is 88.7 Å². The molecule has 0 aliphatic carbocycles. The number of nitro groups is 1. The van der Waals surface area contributed by atoms with Crippen molar-refractivity contribution < 1.29 is 19.2 Å². The van der Waals surface area contributed by atoms with Crippen LogP contribution >= 0.6 is 11.8 Å². The molecule has 0 saturated heterocycles. The number of hydrogen-bond donors (Lipinski definition) is 0. The van der Waals surface area contributed by atoms with E-state index in [1.165, 1.54) is 43.1 Å². The third kappa shape index (κ3) is 3.93. The molecule has 0 spiro atoms. The zero-order valence-electron chi connectivity index (χ0n) is 16.3. The standard InChI is InChI=1S/C23H16N2O5S/c1-30-18-13-11-16(12-14-18)24-22(26)20(15-7-9-17(10-8-15)25(28)29)21(23(24)27)31-19-5-3-2-4-6-19/h2-14H,1H3. The Bertz CT molecular complexity index is 1190. The fraction of sp³-hybridized carbons (Fsp3) is 0.0435. The topological polar surface area (TPSA) is 89.8 Å². The summed E-state index contributed by atoms with van der Waals surface area (Å²) in [6, 6.07) is 21.5. The summed E-state index contributed by atoms with van der Waals surface area (Å²) in [5.74, 6) is -0.329. The van der Waals surface area contributed by atoms with Crippen molar-refractivity contribution in [1.29, 1.82) is 0 Å². The van der Waals surface area contributed by atoms with Crippen LogP contribution < -0.4 is 9.64 Å². The van der Waals surface area contributed by atoms with Gasteiger partial charge in [-0.1, -0.05) is 30.0 Å². The Kier molecular flexibility index (Phi) is 5.55. The van der Waals surface area contributed by atoms with Gasteiger partial charge in [0.05, 0.1) is 28.2 Å². The van der Waals surface area contributed by atoms with Crippen LogP contribution in [0.4, 0.5) is 11.4 Å². The second kappa shape index (κ2) is 8.45. The van der Waals surface area contributed by atoms with E-state index in [0.29, 0.717) is 17.0 Å². The number of non-ortho nitro benzene ring substituents is 1. The van der Waals surface area contributed by atoms with Crippen molar-refractivity contribution in [2.24, 2.45) is 0 Å². The van der Waals surface area contributed by atoms with Gasteiger partial charge in [-0.05, 0) is 54.1 Å². The molecule has 31 heavy (non-hydrogen) atoms. The Labute approximate surface area is 182 Å². The van der Waals surface area contributed by atoms with Gasteiger partial charge in [-0.3, -0.25) is 19.7 Å². The highest BCUT2D eigenvalue weighted by Crippen LogP contribution is 2.41. The highest BCUT2D eigenvalue weighted by atomic mass is 32.2. The van der Waals surface area contributed by atoms with Crippen molar-refractivity contribution >= 4 is 40.5 Å². The minimum absolute atomic E-state index is 0.0922. The van der Waals surface area contributed by atoms with Gasteiger partial charge in [0.1, 0.15) is 5.75 Å². The number of nitro benzene ring substituents is 1. The molecule has 1 heterocycles. The molecule has 0 N–H and O–H groups in total. The van der Waals surface area contributed by atoms with Crippen LogP contribution in [0, 0.1) is 10.1 Å². The molecule has 0 atom stereocenters. The number of imide groups is 1. The Balaban J connectivity index is 1.79. The first kappa shape index (κ1) is 20.4. The molecule has 7 nitrogen and oxygen atoms in total. The summed E-state index contributed by atoms with van der Waals surface area (Å²) in [6.45, 7) is 0. The molecule has 2 amide bonds. The number of rotatable bonds is 6. The van der Waals surface area contributed by atoms with Crippen molar-refractivity contribution in [3.63, 3.8) is 0 Å². The predicted molar refractivity (Wildman–Crippen MR) is 118 cm³/mol. The van der Waals surface area contributed by atoms with Crippen LogP contribution in [0.5, 0.6) is 5.75 Å². The third-order valence-electron chi connectivity index (χ3n) is 4.70. The van der Waals surface area contributed by atoms with E-state index in [1.807, 2.05) is 30.3 Å². The monoisotopic (exact) mass is 432 g/mol. The van der Waals surface area contributed by atoms with E-state index in [4.69, 9.17) is 4.74 Å². The smallest absolute Gasteiger partial charge is 0.272 e. The summed E-state index contributed by atoms with van der Waals surface area (Å²) >= 11 is 1.19. The second-order valence-electron chi connectivity index (χ2n) is 6.57. The fourth-order valence-corrected chi connectivity index (χ4v) is 4.20. The lowest BCUT2D eigenvalue weighted by molar-refractivity contribution is -0.384. The average molecular weight is 432 g/mol. The number of methoxy groups -OCH3 is 1. The lowest BCUT2D eigenvalue weighted by atomic mass is 10.1. The number of carbonyl (C=O) groups is 2. The van der Waals surface area contributed by atoms with Crippen molar-refractivity contribution in [2.45, 2.75) is 4.90 Å². The first-order valence-electron chi connectivity index (χ1n) is 9.24. The van der Waals surface area contributed by atoms with Gasteiger partial charge < -0.3 is 4.74 Å². The van der Waals surface area contributed by atoms with E-state index in [9.17, 15) is 19.7 Å². The lowest BCUT2D eigenvalue weighted by Crippen LogP contribution is -2.31. The van der Waals surface area contributed by atoms with Gasteiger partial charge in [0.15, 0.2) is 0 Å². The molecule has 0 bridgehead atoms. The van der Waals surface area contributed by atoms with Gasteiger partial charge >= 0.3 is 0 Å². The highest BCUT2D eigenvalue weighted by molar-refractivity contribution is 8.04. The molecule has 0 saturated carbocycles. The van der Waals surface area contributed by atoms with Gasteiger partial charge in [-0.2, -0.15) is 0 Å². The van der Waals surface area contributed by atoms with Crippen LogP contribution in [-0.2, 0) is 9.59 Å². The number of benzene rings is 3. The van der Waals surface area contributed by atoms with Crippen molar-refractivity contribution in [1.82, 2.24) is 0 Å². The molecule has 0 radical (unpaired) electrons. The maximum atomic E-state index is 13.4. The highest BCUT2D eigenvalue weighted by Gasteiger charge is 2.40. The Morgan fingerprint density at radius 3 is 2.10 bits per heavy atom. The van der Waals surface area contributed by atoms with Crippen LogP contribution in [0.2, 0.25) is 0 Å². The average Bonchev–Trinajstić information content (AvgIpc) is 3.04. The zero-order chi connectivity index (χ0) is 22.0. The minimum atomic E-state index is -0.511. The van der Waals surface area contributed by atoms with Crippen LogP contribution in [0.1, 0.15) is 5.56 Å². The van der Waals surface area contributed by atoms with E-state index >= 15 is 0 Å². The SMILES string of the molecule is COc1ccc(N2C(=O)C(Sc3ccccc3)=C(c3ccc([N+](=O)[O-])cc3)C2=O)cc1. The zero-order valence-corrected chi connectivity index (χ0v) is 17.2.